The summed E-state index contributed by atoms with van der Waals surface area (Å²) < 4.78 is 0. The van der Waals surface area contributed by atoms with Crippen molar-refractivity contribution in [2.45, 2.75) is 44.6 Å². The number of β-amino-alcohol motifs (C(OH)–C–C–N with tert-alkyl or cyclic N) is 1. The van der Waals surface area contributed by atoms with Crippen LogP contribution in [0.25, 0.3) is 0 Å². The highest BCUT2D eigenvalue weighted by atomic mass is 35.5. The van der Waals surface area contributed by atoms with Crippen LogP contribution in [0.1, 0.15) is 37.7 Å². The molecule has 3 nitrogen and oxygen atoms in total. The molecule has 7 atom stereocenters. The van der Waals surface area contributed by atoms with Gasteiger partial charge < -0.3 is 10.0 Å². The van der Waals surface area contributed by atoms with Crippen LogP contribution in [0.5, 0.6) is 0 Å². The Morgan fingerprint density at radius 2 is 1.93 bits per heavy atom. The summed E-state index contributed by atoms with van der Waals surface area (Å²) in [5.41, 5.74) is 0.842. The van der Waals surface area contributed by atoms with Crippen LogP contribution in [0.3, 0.4) is 0 Å². The van der Waals surface area contributed by atoms with E-state index in [1.807, 2.05) is 17.0 Å². The number of aliphatic hydroxyl groups is 1. The van der Waals surface area contributed by atoms with E-state index in [2.05, 4.69) is 12.1 Å². The SMILES string of the molecule is O=C(N1CC(O)C1)C1(Cc2ccccc2Cl)C2CC3CC4CC(C3C2)C1C4. The molecule has 5 aliphatic rings. The van der Waals surface area contributed by atoms with E-state index in [-0.39, 0.29) is 11.5 Å². The van der Waals surface area contributed by atoms with Crippen molar-refractivity contribution >= 4 is 17.5 Å². The maximum Gasteiger partial charge on any atom is 0.229 e. The van der Waals surface area contributed by atoms with Crippen LogP contribution in [-0.4, -0.2) is 35.1 Å². The Morgan fingerprint density at radius 3 is 2.70 bits per heavy atom. The summed E-state index contributed by atoms with van der Waals surface area (Å²) in [7, 11) is 0. The molecule has 1 aliphatic heterocycles. The molecule has 1 amide bonds. The first-order chi connectivity index (χ1) is 13.1. The van der Waals surface area contributed by atoms with Crippen molar-refractivity contribution in [3.8, 4) is 0 Å². The van der Waals surface area contributed by atoms with Crippen LogP contribution in [0.2, 0.25) is 5.02 Å². The largest absolute Gasteiger partial charge is 0.389 e. The number of fused-ring (bicyclic) bond motifs is 2. The number of hydrogen-bond acceptors (Lipinski definition) is 2. The Labute approximate surface area is 166 Å². The third-order valence-corrected chi connectivity index (χ3v) is 9.39. The lowest BCUT2D eigenvalue weighted by atomic mass is 9.54. The highest BCUT2D eigenvalue weighted by molar-refractivity contribution is 6.31. The lowest BCUT2D eigenvalue weighted by Crippen LogP contribution is -2.63. The maximum atomic E-state index is 14.0. The molecular formula is C23H28ClNO2. The second-order valence-corrected chi connectivity index (χ2v) is 10.5. The summed E-state index contributed by atoms with van der Waals surface area (Å²) in [5, 5.41) is 10.6. The fourth-order valence-corrected chi connectivity index (χ4v) is 8.30. The van der Waals surface area contributed by atoms with Gasteiger partial charge in [0.05, 0.1) is 11.5 Å². The third-order valence-electron chi connectivity index (χ3n) is 9.02. The standard InChI is InChI=1S/C23H28ClNO2/c24-21-4-2-1-3-14(21)10-23(22(27)25-11-17(26)12-25)16-8-15-5-13-6-19(18(15)9-16)20(23)7-13/h1-4,13,15-20,26H,5-12H2. The van der Waals surface area contributed by atoms with Crippen LogP contribution in [-0.2, 0) is 11.2 Å². The quantitative estimate of drug-likeness (QED) is 0.860. The van der Waals surface area contributed by atoms with E-state index in [0.717, 1.165) is 40.7 Å². The first-order valence-corrected chi connectivity index (χ1v) is 11.1. The van der Waals surface area contributed by atoms with E-state index in [0.29, 0.717) is 30.8 Å². The number of carbonyl (C=O) groups excluding carboxylic acids is 1. The topological polar surface area (TPSA) is 40.5 Å². The second-order valence-electron chi connectivity index (χ2n) is 10.1. The van der Waals surface area contributed by atoms with Crippen molar-refractivity contribution < 1.29 is 9.90 Å². The summed E-state index contributed by atoms with van der Waals surface area (Å²) in [4.78, 5) is 15.9. The van der Waals surface area contributed by atoms with E-state index in [1.165, 1.54) is 32.1 Å². The molecule has 1 aromatic rings. The van der Waals surface area contributed by atoms with Gasteiger partial charge in [-0.25, -0.2) is 0 Å². The number of hydrogen-bond donors (Lipinski definition) is 1. The smallest absolute Gasteiger partial charge is 0.229 e. The first kappa shape index (κ1) is 16.9. The molecule has 6 rings (SSSR count). The summed E-state index contributed by atoms with van der Waals surface area (Å²) in [6.07, 6.45) is 6.92. The van der Waals surface area contributed by atoms with Gasteiger partial charge in [-0.2, -0.15) is 0 Å². The Morgan fingerprint density at radius 1 is 1.11 bits per heavy atom. The van der Waals surface area contributed by atoms with Gasteiger partial charge in [-0.05, 0) is 85.7 Å². The van der Waals surface area contributed by atoms with Gasteiger partial charge in [0, 0.05) is 18.1 Å². The molecule has 0 aromatic heterocycles. The van der Waals surface area contributed by atoms with Crippen LogP contribution < -0.4 is 0 Å². The molecule has 1 heterocycles. The van der Waals surface area contributed by atoms with Gasteiger partial charge in [-0.1, -0.05) is 29.8 Å². The number of halogens is 1. The number of aliphatic hydroxyl groups excluding tert-OH is 1. The predicted molar refractivity (Wildman–Crippen MR) is 104 cm³/mol. The molecule has 27 heavy (non-hydrogen) atoms. The molecule has 4 bridgehead atoms. The number of likely N-dealkylation sites (tertiary alicyclic amines) is 1. The third kappa shape index (κ3) is 2.22. The number of benzene rings is 1. The Bertz CT molecular complexity index is 788. The molecule has 4 aliphatic carbocycles. The van der Waals surface area contributed by atoms with Gasteiger partial charge in [0.1, 0.15) is 0 Å². The summed E-state index contributed by atoms with van der Waals surface area (Å²) in [5.74, 6) is 4.63. The maximum absolute atomic E-state index is 14.0. The van der Waals surface area contributed by atoms with Crippen LogP contribution >= 0.6 is 11.6 Å². The summed E-state index contributed by atoms with van der Waals surface area (Å²) in [6, 6.07) is 8.11. The Hall–Kier alpha value is -1.06. The molecule has 0 radical (unpaired) electrons. The van der Waals surface area contributed by atoms with Gasteiger partial charge >= 0.3 is 0 Å². The molecule has 4 saturated carbocycles. The lowest BCUT2D eigenvalue weighted by Gasteiger charge is -2.53. The average molecular weight is 386 g/mol. The highest BCUT2D eigenvalue weighted by Gasteiger charge is 2.68. The zero-order valence-corrected chi connectivity index (χ0v) is 16.4. The van der Waals surface area contributed by atoms with Crippen molar-refractivity contribution in [1.82, 2.24) is 4.90 Å². The van der Waals surface area contributed by atoms with Crippen molar-refractivity contribution in [3.63, 3.8) is 0 Å². The van der Waals surface area contributed by atoms with E-state index in [1.54, 1.807) is 0 Å². The Balaban J connectivity index is 1.46. The number of nitrogens with zero attached hydrogens (tertiary/aromatic N) is 1. The minimum atomic E-state index is -0.334. The van der Waals surface area contributed by atoms with E-state index in [4.69, 9.17) is 11.6 Å². The van der Waals surface area contributed by atoms with Gasteiger partial charge in [0.25, 0.3) is 0 Å². The van der Waals surface area contributed by atoms with Crippen LogP contribution in [0, 0.1) is 40.9 Å². The molecular weight excluding hydrogens is 358 g/mol. The normalized spacial score (nSPS) is 44.6. The fraction of sp³-hybridized carbons (Fsp3) is 0.696. The number of carbonyl (C=O) groups is 1. The highest BCUT2D eigenvalue weighted by Crippen LogP contribution is 2.71. The first-order valence-electron chi connectivity index (χ1n) is 10.8. The molecule has 0 spiro atoms. The minimum absolute atomic E-state index is 0.295. The molecule has 1 N–H and O–H groups in total. The predicted octanol–water partition coefficient (Wildman–Crippen LogP) is 3.77. The van der Waals surface area contributed by atoms with Gasteiger partial charge in [-0.3, -0.25) is 4.79 Å². The van der Waals surface area contributed by atoms with Gasteiger partial charge in [0.15, 0.2) is 0 Å². The molecule has 5 fully saturated rings. The monoisotopic (exact) mass is 385 g/mol. The molecule has 1 saturated heterocycles. The molecule has 7 unspecified atom stereocenters. The molecule has 1 aromatic carbocycles. The van der Waals surface area contributed by atoms with E-state index in [9.17, 15) is 9.90 Å². The lowest BCUT2D eigenvalue weighted by molar-refractivity contribution is -0.165. The van der Waals surface area contributed by atoms with E-state index < -0.39 is 0 Å². The number of rotatable bonds is 3. The molecule has 144 valence electrons. The summed E-state index contributed by atoms with van der Waals surface area (Å²) >= 11 is 6.58. The van der Waals surface area contributed by atoms with Crippen molar-refractivity contribution in [2.75, 3.05) is 13.1 Å². The van der Waals surface area contributed by atoms with Crippen LogP contribution in [0.15, 0.2) is 24.3 Å². The van der Waals surface area contributed by atoms with Crippen molar-refractivity contribution in [2.24, 2.45) is 40.9 Å². The summed E-state index contributed by atoms with van der Waals surface area (Å²) in [6.45, 7) is 1.03. The average Bonchev–Trinajstić information content (AvgIpc) is 3.21. The van der Waals surface area contributed by atoms with E-state index >= 15 is 0 Å². The Kier molecular flexibility index (Phi) is 3.58. The number of amides is 1. The van der Waals surface area contributed by atoms with Crippen LogP contribution in [0.4, 0.5) is 0 Å². The van der Waals surface area contributed by atoms with Gasteiger partial charge in [-0.15, -0.1) is 0 Å². The zero-order chi connectivity index (χ0) is 18.3. The van der Waals surface area contributed by atoms with Crippen molar-refractivity contribution in [1.29, 1.82) is 0 Å². The molecule has 4 heteroatoms. The van der Waals surface area contributed by atoms with Gasteiger partial charge in [0.2, 0.25) is 5.91 Å². The fourth-order valence-electron chi connectivity index (χ4n) is 8.10. The minimum Gasteiger partial charge on any atom is -0.389 e. The second kappa shape index (κ2) is 5.73. The zero-order valence-electron chi connectivity index (χ0n) is 15.7. The van der Waals surface area contributed by atoms with Crippen molar-refractivity contribution in [3.05, 3.63) is 34.9 Å².